The van der Waals surface area contributed by atoms with Gasteiger partial charge in [-0.3, -0.25) is 4.79 Å². The number of nitrogens with zero attached hydrogens (tertiary/aromatic N) is 1. The van der Waals surface area contributed by atoms with Gasteiger partial charge in [0.2, 0.25) is 10.0 Å². The molecule has 1 aliphatic rings. The SMILES string of the molecule is CCC(C)NS(=O)(=O)c1ccc(C(=O)N(C)C2CCC(C)CC2)cc1. The van der Waals surface area contributed by atoms with Crippen molar-refractivity contribution in [2.45, 2.75) is 69.9 Å². The number of carbonyl (C=O) groups excluding carboxylic acids is 1. The Bertz CT molecular complexity index is 677. The number of carbonyl (C=O) groups is 1. The van der Waals surface area contributed by atoms with Crippen LogP contribution in [-0.2, 0) is 10.0 Å². The number of sulfonamides is 1. The largest absolute Gasteiger partial charge is 0.339 e. The minimum absolute atomic E-state index is 0.0432. The lowest BCUT2D eigenvalue weighted by Crippen LogP contribution is -2.39. The topological polar surface area (TPSA) is 66.5 Å². The molecule has 0 spiro atoms. The summed E-state index contributed by atoms with van der Waals surface area (Å²) in [5.41, 5.74) is 0.531. The van der Waals surface area contributed by atoms with E-state index in [2.05, 4.69) is 11.6 Å². The maximum Gasteiger partial charge on any atom is 0.253 e. The van der Waals surface area contributed by atoms with Gasteiger partial charge in [-0.05, 0) is 69.2 Å². The quantitative estimate of drug-likeness (QED) is 0.839. The molecule has 0 bridgehead atoms. The van der Waals surface area contributed by atoms with Crippen LogP contribution in [0.1, 0.15) is 63.2 Å². The summed E-state index contributed by atoms with van der Waals surface area (Å²) in [7, 11) is -1.69. The van der Waals surface area contributed by atoms with Crippen LogP contribution in [0.15, 0.2) is 29.2 Å². The van der Waals surface area contributed by atoms with Crippen molar-refractivity contribution < 1.29 is 13.2 Å². The smallest absolute Gasteiger partial charge is 0.253 e. The Morgan fingerprint density at radius 3 is 2.28 bits per heavy atom. The third-order valence-corrected chi connectivity index (χ3v) is 6.84. The van der Waals surface area contributed by atoms with Crippen LogP contribution < -0.4 is 4.72 Å². The third-order valence-electron chi connectivity index (χ3n) is 5.23. The molecule has 0 aromatic heterocycles. The minimum atomic E-state index is -3.54. The van der Waals surface area contributed by atoms with Crippen molar-refractivity contribution in [2.75, 3.05) is 7.05 Å². The molecule has 1 aromatic rings. The van der Waals surface area contributed by atoms with Crippen LogP contribution in [0.2, 0.25) is 0 Å². The van der Waals surface area contributed by atoms with Crippen LogP contribution in [0.3, 0.4) is 0 Å². The molecule has 25 heavy (non-hydrogen) atoms. The minimum Gasteiger partial charge on any atom is -0.339 e. The molecule has 6 heteroatoms. The molecule has 1 aromatic carbocycles. The first-order chi connectivity index (χ1) is 11.7. The first-order valence-corrected chi connectivity index (χ1v) is 10.6. The zero-order valence-corrected chi connectivity index (χ0v) is 16.5. The molecule has 1 fully saturated rings. The van der Waals surface area contributed by atoms with E-state index in [4.69, 9.17) is 0 Å². The molecule has 1 saturated carbocycles. The molecular weight excluding hydrogens is 336 g/mol. The molecule has 1 amide bonds. The van der Waals surface area contributed by atoms with Gasteiger partial charge in [-0.25, -0.2) is 13.1 Å². The normalized spacial score (nSPS) is 22.4. The first-order valence-electron chi connectivity index (χ1n) is 9.14. The van der Waals surface area contributed by atoms with Crippen molar-refractivity contribution in [1.82, 2.24) is 9.62 Å². The lowest BCUT2D eigenvalue weighted by molar-refractivity contribution is 0.0679. The summed E-state index contributed by atoms with van der Waals surface area (Å²) in [6, 6.07) is 6.39. The number of benzene rings is 1. The molecule has 140 valence electrons. The first kappa shape index (κ1) is 19.9. The third kappa shape index (κ3) is 5.05. The standard InChI is InChI=1S/C19H30N2O3S/c1-5-15(3)20-25(23,24)18-12-8-16(9-13-18)19(22)21(4)17-10-6-14(2)7-11-17/h8-9,12-15,17,20H,5-7,10-11H2,1-4H3. The summed E-state index contributed by atoms with van der Waals surface area (Å²) < 4.78 is 27.2. The predicted octanol–water partition coefficient (Wildman–Crippen LogP) is 3.41. The molecule has 0 aliphatic heterocycles. The molecule has 1 unspecified atom stereocenters. The van der Waals surface area contributed by atoms with E-state index in [0.717, 1.165) is 38.0 Å². The Balaban J connectivity index is 2.07. The van der Waals surface area contributed by atoms with Gasteiger partial charge in [-0.2, -0.15) is 0 Å². The van der Waals surface area contributed by atoms with E-state index in [9.17, 15) is 13.2 Å². The van der Waals surface area contributed by atoms with E-state index < -0.39 is 10.0 Å². The van der Waals surface area contributed by atoms with Gasteiger partial charge < -0.3 is 4.90 Å². The molecule has 0 heterocycles. The Morgan fingerprint density at radius 2 is 1.76 bits per heavy atom. The Kier molecular flexibility index (Phi) is 6.63. The van der Waals surface area contributed by atoms with Crippen LogP contribution in [0.4, 0.5) is 0 Å². The second-order valence-electron chi connectivity index (χ2n) is 7.28. The number of amides is 1. The fourth-order valence-corrected chi connectivity index (χ4v) is 4.52. The Labute approximate surface area is 151 Å². The van der Waals surface area contributed by atoms with Gasteiger partial charge in [0.15, 0.2) is 0 Å². The Hall–Kier alpha value is -1.40. The molecule has 1 aliphatic carbocycles. The summed E-state index contributed by atoms with van der Waals surface area (Å²) in [5.74, 6) is 0.695. The second kappa shape index (κ2) is 8.32. The highest BCUT2D eigenvalue weighted by atomic mass is 32.2. The van der Waals surface area contributed by atoms with Crippen molar-refractivity contribution >= 4 is 15.9 Å². The van der Waals surface area contributed by atoms with E-state index >= 15 is 0 Å². The van der Waals surface area contributed by atoms with E-state index in [0.29, 0.717) is 5.56 Å². The maximum atomic E-state index is 12.7. The molecule has 0 saturated heterocycles. The van der Waals surface area contributed by atoms with E-state index in [1.54, 1.807) is 12.1 Å². The zero-order chi connectivity index (χ0) is 18.6. The summed E-state index contributed by atoms with van der Waals surface area (Å²) in [6.07, 6.45) is 5.10. The fourth-order valence-electron chi connectivity index (χ4n) is 3.19. The average Bonchev–Trinajstić information content (AvgIpc) is 2.60. The molecule has 2 rings (SSSR count). The molecule has 1 N–H and O–H groups in total. The van der Waals surface area contributed by atoms with Gasteiger partial charge in [-0.15, -0.1) is 0 Å². The number of hydrogen-bond acceptors (Lipinski definition) is 3. The van der Waals surface area contributed by atoms with Crippen molar-refractivity contribution in [3.8, 4) is 0 Å². The summed E-state index contributed by atoms with van der Waals surface area (Å²) >= 11 is 0. The highest BCUT2D eigenvalue weighted by Crippen LogP contribution is 2.27. The van der Waals surface area contributed by atoms with Crippen LogP contribution >= 0.6 is 0 Å². The van der Waals surface area contributed by atoms with Crippen LogP contribution in [0.25, 0.3) is 0 Å². The van der Waals surface area contributed by atoms with Crippen molar-refractivity contribution in [1.29, 1.82) is 0 Å². The maximum absolute atomic E-state index is 12.7. The lowest BCUT2D eigenvalue weighted by atomic mass is 9.86. The highest BCUT2D eigenvalue weighted by Gasteiger charge is 2.26. The van der Waals surface area contributed by atoms with Gasteiger partial charge >= 0.3 is 0 Å². The molecule has 0 radical (unpaired) electrons. The number of hydrogen-bond donors (Lipinski definition) is 1. The highest BCUT2D eigenvalue weighted by molar-refractivity contribution is 7.89. The molecular formula is C19H30N2O3S. The van der Waals surface area contributed by atoms with E-state index in [-0.39, 0.29) is 22.9 Å². The van der Waals surface area contributed by atoms with Gasteiger partial charge in [0.05, 0.1) is 4.90 Å². The number of nitrogens with one attached hydrogen (secondary N) is 1. The van der Waals surface area contributed by atoms with Gasteiger partial charge in [0, 0.05) is 24.7 Å². The lowest BCUT2D eigenvalue weighted by Gasteiger charge is -2.33. The monoisotopic (exact) mass is 366 g/mol. The molecule has 1 atom stereocenters. The fraction of sp³-hybridized carbons (Fsp3) is 0.632. The van der Waals surface area contributed by atoms with Crippen LogP contribution in [0, 0.1) is 5.92 Å². The van der Waals surface area contributed by atoms with E-state index in [1.807, 2.05) is 25.8 Å². The van der Waals surface area contributed by atoms with E-state index in [1.165, 1.54) is 12.1 Å². The van der Waals surface area contributed by atoms with Gasteiger partial charge in [0.1, 0.15) is 0 Å². The van der Waals surface area contributed by atoms with Crippen molar-refractivity contribution in [2.24, 2.45) is 5.92 Å². The van der Waals surface area contributed by atoms with Gasteiger partial charge in [-0.1, -0.05) is 13.8 Å². The predicted molar refractivity (Wildman–Crippen MR) is 100 cm³/mol. The average molecular weight is 367 g/mol. The summed E-state index contributed by atoms with van der Waals surface area (Å²) in [6.45, 7) is 6.01. The Morgan fingerprint density at radius 1 is 1.20 bits per heavy atom. The van der Waals surface area contributed by atoms with Crippen molar-refractivity contribution in [3.63, 3.8) is 0 Å². The number of rotatable bonds is 6. The molecule has 5 nitrogen and oxygen atoms in total. The van der Waals surface area contributed by atoms with Crippen LogP contribution in [-0.4, -0.2) is 38.4 Å². The van der Waals surface area contributed by atoms with Crippen molar-refractivity contribution in [3.05, 3.63) is 29.8 Å². The summed E-state index contributed by atoms with van der Waals surface area (Å²) in [4.78, 5) is 14.7. The second-order valence-corrected chi connectivity index (χ2v) is 9.00. The zero-order valence-electron chi connectivity index (χ0n) is 15.7. The summed E-state index contributed by atoms with van der Waals surface area (Å²) in [5, 5.41) is 0. The van der Waals surface area contributed by atoms with Crippen LogP contribution in [0.5, 0.6) is 0 Å². The van der Waals surface area contributed by atoms with Gasteiger partial charge in [0.25, 0.3) is 5.91 Å².